The van der Waals surface area contributed by atoms with E-state index in [0.29, 0.717) is 24.7 Å². The molecular formula is C27H40O2. The number of benzene rings is 1. The van der Waals surface area contributed by atoms with Crippen molar-refractivity contribution in [3.63, 3.8) is 0 Å². The highest BCUT2D eigenvalue weighted by Gasteiger charge is 2.20. The summed E-state index contributed by atoms with van der Waals surface area (Å²) in [6, 6.07) is 5.86. The first-order valence-electron chi connectivity index (χ1n) is 12.3. The van der Waals surface area contributed by atoms with E-state index >= 15 is 0 Å². The molecule has 2 aliphatic carbocycles. The molecule has 0 unspecified atom stereocenters. The number of Topliss-reactive ketones (excluding diaryl/α,β-unsaturated/α-hetero) is 2. The summed E-state index contributed by atoms with van der Waals surface area (Å²) in [7, 11) is 0. The molecule has 0 heterocycles. The Morgan fingerprint density at radius 3 is 1.34 bits per heavy atom. The van der Waals surface area contributed by atoms with Crippen LogP contribution >= 0.6 is 0 Å². The number of hydrogen-bond acceptors (Lipinski definition) is 2. The molecule has 3 rings (SSSR count). The number of carbonyl (C=O) groups is 2. The zero-order valence-electron chi connectivity index (χ0n) is 18.5. The maximum Gasteiger partial charge on any atom is 0.163 e. The van der Waals surface area contributed by atoms with Gasteiger partial charge in [-0.2, -0.15) is 0 Å². The van der Waals surface area contributed by atoms with E-state index in [1.54, 1.807) is 0 Å². The van der Waals surface area contributed by atoms with Crippen molar-refractivity contribution >= 4 is 11.6 Å². The van der Waals surface area contributed by atoms with Crippen LogP contribution in [-0.2, 0) is 0 Å². The van der Waals surface area contributed by atoms with Crippen molar-refractivity contribution in [2.75, 3.05) is 0 Å². The number of aryl methyl sites for hydroxylation is 1. The average molecular weight is 397 g/mol. The van der Waals surface area contributed by atoms with Crippen LogP contribution in [0.2, 0.25) is 0 Å². The lowest BCUT2D eigenvalue weighted by atomic mass is 9.85. The Morgan fingerprint density at radius 2 is 0.966 bits per heavy atom. The number of hydrogen-bond donors (Lipinski definition) is 0. The van der Waals surface area contributed by atoms with Gasteiger partial charge in [-0.25, -0.2) is 0 Å². The molecule has 1 aromatic carbocycles. The summed E-state index contributed by atoms with van der Waals surface area (Å²) in [4.78, 5) is 26.0. The van der Waals surface area contributed by atoms with Crippen LogP contribution in [0.25, 0.3) is 0 Å². The van der Waals surface area contributed by atoms with Gasteiger partial charge in [-0.3, -0.25) is 9.59 Å². The zero-order valence-corrected chi connectivity index (χ0v) is 18.5. The third-order valence-corrected chi connectivity index (χ3v) is 7.12. The molecule has 29 heavy (non-hydrogen) atoms. The molecule has 2 fully saturated rings. The Balaban J connectivity index is 1.63. The lowest BCUT2D eigenvalue weighted by Gasteiger charge is -2.20. The molecule has 0 aliphatic heterocycles. The van der Waals surface area contributed by atoms with E-state index in [-0.39, 0.29) is 11.6 Å². The first kappa shape index (κ1) is 22.2. The molecular weight excluding hydrogens is 356 g/mol. The van der Waals surface area contributed by atoms with Gasteiger partial charge in [0.05, 0.1) is 0 Å². The fourth-order valence-corrected chi connectivity index (χ4v) is 5.35. The molecule has 0 spiro atoms. The fraction of sp³-hybridized carbons (Fsp3) is 0.704. The van der Waals surface area contributed by atoms with E-state index in [9.17, 15) is 9.59 Å². The maximum absolute atomic E-state index is 13.0. The van der Waals surface area contributed by atoms with Crippen LogP contribution in [-0.4, -0.2) is 11.6 Å². The summed E-state index contributed by atoms with van der Waals surface area (Å²) in [5.74, 6) is 1.52. The van der Waals surface area contributed by atoms with E-state index in [1.807, 2.05) is 25.1 Å². The molecule has 2 heteroatoms. The van der Waals surface area contributed by atoms with Crippen LogP contribution in [0.4, 0.5) is 0 Å². The van der Waals surface area contributed by atoms with Crippen LogP contribution in [0.3, 0.4) is 0 Å². The van der Waals surface area contributed by atoms with E-state index < -0.39 is 0 Å². The minimum atomic E-state index is 0.235. The minimum Gasteiger partial charge on any atom is -0.294 e. The number of rotatable bonds is 6. The average Bonchev–Trinajstić information content (AvgIpc) is 2.65. The van der Waals surface area contributed by atoms with Crippen molar-refractivity contribution in [1.29, 1.82) is 0 Å². The van der Waals surface area contributed by atoms with Crippen LogP contribution < -0.4 is 0 Å². The van der Waals surface area contributed by atoms with Crippen molar-refractivity contribution < 1.29 is 9.59 Å². The van der Waals surface area contributed by atoms with E-state index in [1.165, 1.54) is 89.9 Å². The fourth-order valence-electron chi connectivity index (χ4n) is 5.35. The molecule has 0 atom stereocenters. The van der Waals surface area contributed by atoms with Gasteiger partial charge in [0.1, 0.15) is 0 Å². The topological polar surface area (TPSA) is 34.1 Å². The van der Waals surface area contributed by atoms with Gasteiger partial charge in [-0.1, -0.05) is 89.9 Å². The molecule has 0 bridgehead atoms. The Labute approximate surface area is 177 Å². The lowest BCUT2D eigenvalue weighted by molar-refractivity contribution is 0.0952. The lowest BCUT2D eigenvalue weighted by Crippen LogP contribution is -2.13. The van der Waals surface area contributed by atoms with Crippen molar-refractivity contribution in [2.24, 2.45) is 11.8 Å². The van der Waals surface area contributed by atoms with Gasteiger partial charge in [0.15, 0.2) is 11.6 Å². The summed E-state index contributed by atoms with van der Waals surface area (Å²) in [6.07, 6.45) is 19.1. The predicted molar refractivity (Wildman–Crippen MR) is 121 cm³/mol. The normalized spacial score (nSPS) is 20.3. The highest BCUT2D eigenvalue weighted by molar-refractivity contribution is 6.01. The second-order valence-electron chi connectivity index (χ2n) is 9.76. The second-order valence-corrected chi connectivity index (χ2v) is 9.76. The molecule has 1 aromatic rings. The summed E-state index contributed by atoms with van der Waals surface area (Å²) in [5.41, 5.74) is 2.55. The van der Waals surface area contributed by atoms with Crippen molar-refractivity contribution in [3.8, 4) is 0 Å². The third kappa shape index (κ3) is 7.39. The number of carbonyl (C=O) groups excluding carboxylic acids is 2. The second kappa shape index (κ2) is 11.7. The molecule has 2 nitrogen and oxygen atoms in total. The molecule has 0 amide bonds. The van der Waals surface area contributed by atoms with Crippen molar-refractivity contribution in [1.82, 2.24) is 0 Å². The first-order chi connectivity index (χ1) is 14.1. The summed E-state index contributed by atoms with van der Waals surface area (Å²) in [6.45, 7) is 2.01. The minimum absolute atomic E-state index is 0.235. The summed E-state index contributed by atoms with van der Waals surface area (Å²) in [5, 5.41) is 0. The van der Waals surface area contributed by atoms with Crippen molar-refractivity contribution in [3.05, 3.63) is 34.9 Å². The molecule has 2 saturated carbocycles. The number of ketones is 2. The van der Waals surface area contributed by atoms with E-state index in [4.69, 9.17) is 0 Å². The highest BCUT2D eigenvalue weighted by Crippen LogP contribution is 2.28. The third-order valence-electron chi connectivity index (χ3n) is 7.12. The van der Waals surface area contributed by atoms with Gasteiger partial charge in [-0.05, 0) is 42.5 Å². The first-order valence-corrected chi connectivity index (χ1v) is 12.3. The van der Waals surface area contributed by atoms with Crippen LogP contribution in [0.15, 0.2) is 18.2 Å². The van der Waals surface area contributed by atoms with Gasteiger partial charge < -0.3 is 0 Å². The Kier molecular flexibility index (Phi) is 8.95. The maximum atomic E-state index is 13.0. The molecule has 160 valence electrons. The Hall–Kier alpha value is -1.44. The summed E-state index contributed by atoms with van der Waals surface area (Å²) >= 11 is 0. The van der Waals surface area contributed by atoms with E-state index in [0.717, 1.165) is 16.7 Å². The van der Waals surface area contributed by atoms with Gasteiger partial charge in [0.25, 0.3) is 0 Å². The molecule has 0 saturated heterocycles. The van der Waals surface area contributed by atoms with Crippen LogP contribution in [0, 0.1) is 18.8 Å². The monoisotopic (exact) mass is 396 g/mol. The largest absolute Gasteiger partial charge is 0.294 e. The van der Waals surface area contributed by atoms with Gasteiger partial charge >= 0.3 is 0 Å². The molecule has 0 radical (unpaired) electrons. The quantitative estimate of drug-likeness (QED) is 0.458. The van der Waals surface area contributed by atoms with Gasteiger partial charge in [0, 0.05) is 24.0 Å². The Bertz CT molecular complexity index is 605. The van der Waals surface area contributed by atoms with Crippen molar-refractivity contribution in [2.45, 2.75) is 110 Å². The van der Waals surface area contributed by atoms with Crippen LogP contribution in [0.1, 0.15) is 129 Å². The van der Waals surface area contributed by atoms with Gasteiger partial charge in [-0.15, -0.1) is 0 Å². The zero-order chi connectivity index (χ0) is 20.5. The standard InChI is InChI=1S/C27H40O2/c1-21-16-24(26(28)18-22-12-8-4-2-5-9-13-22)20-25(17-21)27(29)19-23-14-10-6-3-7-11-15-23/h16-17,20,22-23H,2-15,18-19H2,1H3. The predicted octanol–water partition coefficient (Wildman–Crippen LogP) is 7.86. The summed E-state index contributed by atoms with van der Waals surface area (Å²) < 4.78 is 0. The highest BCUT2D eigenvalue weighted by atomic mass is 16.1. The van der Waals surface area contributed by atoms with E-state index in [2.05, 4.69) is 0 Å². The van der Waals surface area contributed by atoms with Crippen LogP contribution in [0.5, 0.6) is 0 Å². The molecule has 0 aromatic heterocycles. The molecule has 0 N–H and O–H groups in total. The SMILES string of the molecule is Cc1cc(C(=O)CC2CCCCCCC2)cc(C(=O)CC2CCCCCCC2)c1. The van der Waals surface area contributed by atoms with Gasteiger partial charge in [0.2, 0.25) is 0 Å². The Morgan fingerprint density at radius 1 is 0.621 bits per heavy atom. The molecule has 2 aliphatic rings. The smallest absolute Gasteiger partial charge is 0.163 e.